The van der Waals surface area contributed by atoms with Crippen molar-refractivity contribution in [1.29, 1.82) is 0 Å². The molecule has 1 amide bonds. The third-order valence-corrected chi connectivity index (χ3v) is 5.25. The summed E-state index contributed by atoms with van der Waals surface area (Å²) in [5.41, 5.74) is 3.59. The number of likely N-dealkylation sites (tertiary alicyclic amines) is 1. The quantitative estimate of drug-likeness (QED) is 0.829. The van der Waals surface area contributed by atoms with E-state index >= 15 is 0 Å². The SMILES string of the molecule is Cc1ccccc1[C@H](CC(=O)[C@@H]1CCC(=O)N(C)C1)c1ccccc1. The number of ketones is 1. The second-order valence-electron chi connectivity index (χ2n) is 7.00. The first-order valence-electron chi connectivity index (χ1n) is 8.93. The maximum absolute atomic E-state index is 13.0. The number of hydrogen-bond donors (Lipinski definition) is 0. The fourth-order valence-electron chi connectivity index (χ4n) is 3.71. The van der Waals surface area contributed by atoms with Gasteiger partial charge in [0.25, 0.3) is 0 Å². The molecule has 0 N–H and O–H groups in total. The van der Waals surface area contributed by atoms with Crippen LogP contribution in [0.25, 0.3) is 0 Å². The number of Topliss-reactive ketones (excluding diaryl/α,β-unsaturated/α-hetero) is 1. The normalized spacial score (nSPS) is 18.9. The molecular formula is C22H25NO2. The number of benzene rings is 2. The lowest BCUT2D eigenvalue weighted by atomic mass is 9.81. The minimum Gasteiger partial charge on any atom is -0.345 e. The zero-order valence-electron chi connectivity index (χ0n) is 14.9. The average Bonchev–Trinajstić information content (AvgIpc) is 2.63. The number of amides is 1. The summed E-state index contributed by atoms with van der Waals surface area (Å²) in [6.45, 7) is 2.65. The summed E-state index contributed by atoms with van der Waals surface area (Å²) in [5, 5.41) is 0. The van der Waals surface area contributed by atoms with E-state index in [4.69, 9.17) is 0 Å². The maximum Gasteiger partial charge on any atom is 0.222 e. The molecule has 130 valence electrons. The Kier molecular flexibility index (Phi) is 5.32. The molecule has 3 nitrogen and oxygen atoms in total. The molecule has 0 bridgehead atoms. The van der Waals surface area contributed by atoms with Crippen molar-refractivity contribution in [3.05, 3.63) is 71.3 Å². The van der Waals surface area contributed by atoms with Gasteiger partial charge in [-0.05, 0) is 30.0 Å². The van der Waals surface area contributed by atoms with Gasteiger partial charge in [0.2, 0.25) is 5.91 Å². The highest BCUT2D eigenvalue weighted by Crippen LogP contribution is 2.32. The van der Waals surface area contributed by atoms with E-state index in [0.29, 0.717) is 25.8 Å². The van der Waals surface area contributed by atoms with E-state index < -0.39 is 0 Å². The Labute approximate surface area is 149 Å². The Balaban J connectivity index is 1.85. The fraction of sp³-hybridized carbons (Fsp3) is 0.364. The van der Waals surface area contributed by atoms with Gasteiger partial charge in [0.05, 0.1) is 0 Å². The summed E-state index contributed by atoms with van der Waals surface area (Å²) in [5.74, 6) is 0.426. The molecule has 0 saturated carbocycles. The summed E-state index contributed by atoms with van der Waals surface area (Å²) < 4.78 is 0. The molecule has 0 aromatic heterocycles. The molecule has 3 rings (SSSR count). The van der Waals surface area contributed by atoms with Crippen molar-refractivity contribution >= 4 is 11.7 Å². The first kappa shape index (κ1) is 17.4. The first-order chi connectivity index (χ1) is 12.1. The molecule has 2 aromatic rings. The van der Waals surface area contributed by atoms with Gasteiger partial charge in [0.1, 0.15) is 5.78 Å². The van der Waals surface area contributed by atoms with E-state index in [0.717, 1.165) is 0 Å². The standard InChI is InChI=1S/C22H25NO2/c1-16-8-6-7-11-19(16)20(17-9-4-3-5-10-17)14-21(24)18-12-13-22(25)23(2)15-18/h3-11,18,20H,12-15H2,1-2H3/t18-,20-/m1/s1. The molecule has 0 radical (unpaired) electrons. The van der Waals surface area contributed by atoms with Crippen molar-refractivity contribution in [3.63, 3.8) is 0 Å². The Morgan fingerprint density at radius 1 is 1.12 bits per heavy atom. The third-order valence-electron chi connectivity index (χ3n) is 5.25. The Morgan fingerprint density at radius 2 is 1.80 bits per heavy atom. The Bertz CT molecular complexity index is 754. The van der Waals surface area contributed by atoms with Gasteiger partial charge in [-0.1, -0.05) is 54.6 Å². The van der Waals surface area contributed by atoms with E-state index in [1.165, 1.54) is 16.7 Å². The van der Waals surface area contributed by atoms with Crippen LogP contribution < -0.4 is 0 Å². The average molecular weight is 335 g/mol. The number of aryl methyl sites for hydroxylation is 1. The smallest absolute Gasteiger partial charge is 0.222 e. The molecule has 1 fully saturated rings. The summed E-state index contributed by atoms with van der Waals surface area (Å²) in [4.78, 5) is 26.4. The molecule has 0 unspecified atom stereocenters. The molecular weight excluding hydrogens is 310 g/mol. The molecule has 2 atom stereocenters. The van der Waals surface area contributed by atoms with Crippen molar-refractivity contribution in [1.82, 2.24) is 4.90 Å². The van der Waals surface area contributed by atoms with Gasteiger partial charge in [-0.15, -0.1) is 0 Å². The largest absolute Gasteiger partial charge is 0.345 e. The van der Waals surface area contributed by atoms with Crippen LogP contribution in [0.5, 0.6) is 0 Å². The van der Waals surface area contributed by atoms with Crippen LogP contribution in [-0.2, 0) is 9.59 Å². The number of carbonyl (C=O) groups is 2. The van der Waals surface area contributed by atoms with Crippen LogP contribution in [0.1, 0.15) is 41.9 Å². The van der Waals surface area contributed by atoms with Crippen molar-refractivity contribution in [2.45, 2.75) is 32.1 Å². The van der Waals surface area contributed by atoms with Crippen LogP contribution >= 0.6 is 0 Å². The fourth-order valence-corrected chi connectivity index (χ4v) is 3.71. The van der Waals surface area contributed by atoms with Crippen LogP contribution in [0.15, 0.2) is 54.6 Å². The van der Waals surface area contributed by atoms with E-state index in [2.05, 4.69) is 31.2 Å². The molecule has 0 aliphatic carbocycles. The maximum atomic E-state index is 13.0. The van der Waals surface area contributed by atoms with E-state index in [1.807, 2.05) is 30.3 Å². The Morgan fingerprint density at radius 3 is 2.48 bits per heavy atom. The highest BCUT2D eigenvalue weighted by atomic mass is 16.2. The highest BCUT2D eigenvalue weighted by Gasteiger charge is 2.30. The first-order valence-corrected chi connectivity index (χ1v) is 8.93. The Hall–Kier alpha value is -2.42. The van der Waals surface area contributed by atoms with Gasteiger partial charge in [-0.25, -0.2) is 0 Å². The zero-order chi connectivity index (χ0) is 17.8. The third kappa shape index (κ3) is 3.98. The van der Waals surface area contributed by atoms with Crippen molar-refractivity contribution in [2.75, 3.05) is 13.6 Å². The van der Waals surface area contributed by atoms with Crippen LogP contribution in [0.3, 0.4) is 0 Å². The second-order valence-corrected chi connectivity index (χ2v) is 7.00. The van der Waals surface area contributed by atoms with E-state index in [9.17, 15) is 9.59 Å². The van der Waals surface area contributed by atoms with Crippen LogP contribution in [0.4, 0.5) is 0 Å². The number of carbonyl (C=O) groups excluding carboxylic acids is 2. The zero-order valence-corrected chi connectivity index (χ0v) is 14.9. The molecule has 1 aliphatic heterocycles. The molecule has 25 heavy (non-hydrogen) atoms. The second kappa shape index (κ2) is 7.64. The number of rotatable bonds is 5. The summed E-state index contributed by atoms with van der Waals surface area (Å²) in [6, 6.07) is 18.5. The van der Waals surface area contributed by atoms with Gasteiger partial charge in [0, 0.05) is 38.3 Å². The predicted molar refractivity (Wildman–Crippen MR) is 99.4 cm³/mol. The van der Waals surface area contributed by atoms with Gasteiger partial charge in [-0.3, -0.25) is 9.59 Å². The van der Waals surface area contributed by atoms with Gasteiger partial charge in [0.15, 0.2) is 0 Å². The van der Waals surface area contributed by atoms with Crippen LogP contribution in [0, 0.1) is 12.8 Å². The lowest BCUT2D eigenvalue weighted by Gasteiger charge is -2.30. The molecule has 0 spiro atoms. The summed E-state index contributed by atoms with van der Waals surface area (Å²) in [7, 11) is 1.79. The van der Waals surface area contributed by atoms with Crippen molar-refractivity contribution in [3.8, 4) is 0 Å². The van der Waals surface area contributed by atoms with Gasteiger partial charge >= 0.3 is 0 Å². The van der Waals surface area contributed by atoms with Gasteiger partial charge in [-0.2, -0.15) is 0 Å². The predicted octanol–water partition coefficient (Wildman–Crippen LogP) is 3.95. The summed E-state index contributed by atoms with van der Waals surface area (Å²) in [6.07, 6.45) is 1.64. The molecule has 1 heterocycles. The van der Waals surface area contributed by atoms with Crippen LogP contribution in [0.2, 0.25) is 0 Å². The molecule has 2 aromatic carbocycles. The summed E-state index contributed by atoms with van der Waals surface area (Å²) >= 11 is 0. The van der Waals surface area contributed by atoms with E-state index in [1.54, 1.807) is 11.9 Å². The van der Waals surface area contributed by atoms with E-state index in [-0.39, 0.29) is 23.5 Å². The number of nitrogens with zero attached hydrogens (tertiary/aromatic N) is 1. The number of piperidine rings is 1. The molecule has 1 saturated heterocycles. The van der Waals surface area contributed by atoms with Crippen LogP contribution in [-0.4, -0.2) is 30.2 Å². The topological polar surface area (TPSA) is 37.4 Å². The highest BCUT2D eigenvalue weighted by molar-refractivity contribution is 5.86. The lowest BCUT2D eigenvalue weighted by Crippen LogP contribution is -2.40. The molecule has 3 heteroatoms. The lowest BCUT2D eigenvalue weighted by molar-refractivity contribution is -0.136. The molecule has 1 aliphatic rings. The minimum absolute atomic E-state index is 0.0436. The minimum atomic E-state index is -0.0436. The number of hydrogen-bond acceptors (Lipinski definition) is 2. The van der Waals surface area contributed by atoms with Crippen molar-refractivity contribution < 1.29 is 9.59 Å². The van der Waals surface area contributed by atoms with Gasteiger partial charge < -0.3 is 4.90 Å². The van der Waals surface area contributed by atoms with Crippen molar-refractivity contribution in [2.24, 2.45) is 5.92 Å². The monoisotopic (exact) mass is 335 g/mol.